The van der Waals surface area contributed by atoms with Crippen molar-refractivity contribution >= 4 is 22.0 Å². The summed E-state index contributed by atoms with van der Waals surface area (Å²) in [6.45, 7) is 8.55. The number of aromatic nitrogens is 2. The Morgan fingerprint density at radius 3 is 2.56 bits per heavy atom. The van der Waals surface area contributed by atoms with E-state index < -0.39 is 0 Å². The molecule has 0 saturated heterocycles. The van der Waals surface area contributed by atoms with E-state index in [9.17, 15) is 0 Å². The first-order chi connectivity index (χ1) is 8.56. The van der Waals surface area contributed by atoms with E-state index >= 15 is 0 Å². The molecule has 0 atom stereocenters. The number of oxazole rings is 1. The van der Waals surface area contributed by atoms with E-state index in [4.69, 9.17) is 4.42 Å². The Kier molecular flexibility index (Phi) is 2.44. The Morgan fingerprint density at radius 2 is 1.89 bits per heavy atom. The van der Waals surface area contributed by atoms with Crippen LogP contribution in [0.3, 0.4) is 0 Å². The SMILES string of the molecule is CC(C)c1cc2ccc3nc(C(C)C)oc3c2[nH]1. The largest absolute Gasteiger partial charge is 0.438 e. The number of nitrogens with zero attached hydrogens (tertiary/aromatic N) is 1. The molecule has 3 heteroatoms. The van der Waals surface area contributed by atoms with E-state index in [0.29, 0.717) is 11.8 Å². The summed E-state index contributed by atoms with van der Waals surface area (Å²) in [4.78, 5) is 7.99. The number of benzene rings is 1. The van der Waals surface area contributed by atoms with Gasteiger partial charge in [0.05, 0.1) is 5.52 Å². The van der Waals surface area contributed by atoms with Crippen molar-refractivity contribution in [3.8, 4) is 0 Å². The van der Waals surface area contributed by atoms with Gasteiger partial charge in [0.15, 0.2) is 11.5 Å². The van der Waals surface area contributed by atoms with Gasteiger partial charge in [-0.2, -0.15) is 0 Å². The lowest BCUT2D eigenvalue weighted by Gasteiger charge is -1.98. The lowest BCUT2D eigenvalue weighted by Crippen LogP contribution is -1.85. The minimum absolute atomic E-state index is 0.312. The summed E-state index contributed by atoms with van der Waals surface area (Å²) in [5.41, 5.74) is 4.11. The van der Waals surface area contributed by atoms with E-state index in [1.807, 2.05) is 6.07 Å². The quantitative estimate of drug-likeness (QED) is 0.716. The molecular weight excluding hydrogens is 224 g/mol. The van der Waals surface area contributed by atoms with Gasteiger partial charge in [-0.15, -0.1) is 0 Å². The Bertz CT molecular complexity index is 642. The third-order valence-corrected chi connectivity index (χ3v) is 3.30. The second kappa shape index (κ2) is 3.87. The molecule has 0 spiro atoms. The van der Waals surface area contributed by atoms with Crippen LogP contribution in [-0.4, -0.2) is 9.97 Å². The predicted octanol–water partition coefficient (Wildman–Crippen LogP) is 4.56. The molecule has 0 aliphatic rings. The second-order valence-corrected chi connectivity index (χ2v) is 5.46. The summed E-state index contributed by atoms with van der Waals surface area (Å²) in [5.74, 6) is 1.60. The standard InChI is InChI=1S/C15H18N2O/c1-8(2)12-7-10-5-6-11-14(13(10)16-12)18-15(17-11)9(3)4/h5-9,16H,1-4H3. The zero-order chi connectivity index (χ0) is 12.9. The molecule has 0 aliphatic heterocycles. The van der Waals surface area contributed by atoms with Crippen molar-refractivity contribution in [3.05, 3.63) is 29.8 Å². The summed E-state index contributed by atoms with van der Waals surface area (Å²) in [6, 6.07) is 6.33. The Hall–Kier alpha value is -1.77. The highest BCUT2D eigenvalue weighted by molar-refractivity contribution is 6.01. The fraction of sp³-hybridized carbons (Fsp3) is 0.400. The highest BCUT2D eigenvalue weighted by Gasteiger charge is 2.14. The average molecular weight is 242 g/mol. The van der Waals surface area contributed by atoms with Crippen molar-refractivity contribution < 1.29 is 4.42 Å². The van der Waals surface area contributed by atoms with Crippen LogP contribution in [0.4, 0.5) is 0 Å². The lowest BCUT2D eigenvalue weighted by atomic mass is 10.1. The summed E-state index contributed by atoms with van der Waals surface area (Å²) >= 11 is 0. The molecule has 2 aromatic heterocycles. The maximum absolute atomic E-state index is 5.89. The minimum Gasteiger partial charge on any atom is -0.438 e. The molecule has 1 aromatic carbocycles. The Morgan fingerprint density at radius 1 is 1.11 bits per heavy atom. The van der Waals surface area contributed by atoms with Gasteiger partial charge in [0.25, 0.3) is 0 Å². The van der Waals surface area contributed by atoms with Gasteiger partial charge in [-0.05, 0) is 18.1 Å². The maximum Gasteiger partial charge on any atom is 0.198 e. The third kappa shape index (κ3) is 1.62. The number of H-pyrrole nitrogens is 1. The predicted molar refractivity (Wildman–Crippen MR) is 74.0 cm³/mol. The van der Waals surface area contributed by atoms with Crippen LogP contribution < -0.4 is 0 Å². The number of fused-ring (bicyclic) bond motifs is 3. The van der Waals surface area contributed by atoms with Gasteiger partial charge < -0.3 is 9.40 Å². The molecule has 3 aromatic rings. The van der Waals surface area contributed by atoms with Gasteiger partial charge in [-0.3, -0.25) is 0 Å². The zero-order valence-electron chi connectivity index (χ0n) is 11.2. The van der Waals surface area contributed by atoms with Crippen molar-refractivity contribution in [2.24, 2.45) is 0 Å². The van der Waals surface area contributed by atoms with Crippen LogP contribution >= 0.6 is 0 Å². The minimum atomic E-state index is 0.312. The van der Waals surface area contributed by atoms with Crippen LogP contribution in [0, 0.1) is 0 Å². The molecule has 94 valence electrons. The zero-order valence-corrected chi connectivity index (χ0v) is 11.2. The number of hydrogen-bond donors (Lipinski definition) is 1. The van der Waals surface area contributed by atoms with Crippen molar-refractivity contribution in [2.45, 2.75) is 39.5 Å². The van der Waals surface area contributed by atoms with E-state index in [2.05, 4.69) is 49.8 Å². The van der Waals surface area contributed by atoms with E-state index in [-0.39, 0.29) is 0 Å². The monoisotopic (exact) mass is 242 g/mol. The fourth-order valence-electron chi connectivity index (χ4n) is 2.18. The number of aromatic amines is 1. The maximum atomic E-state index is 5.89. The first kappa shape index (κ1) is 11.3. The molecule has 0 bridgehead atoms. The van der Waals surface area contributed by atoms with Gasteiger partial charge in [-0.1, -0.05) is 33.8 Å². The van der Waals surface area contributed by atoms with Gasteiger partial charge in [0, 0.05) is 17.0 Å². The van der Waals surface area contributed by atoms with Gasteiger partial charge in [-0.25, -0.2) is 4.98 Å². The second-order valence-electron chi connectivity index (χ2n) is 5.46. The van der Waals surface area contributed by atoms with Crippen LogP contribution in [-0.2, 0) is 0 Å². The van der Waals surface area contributed by atoms with E-state index in [1.54, 1.807) is 0 Å². The van der Waals surface area contributed by atoms with Crippen LogP contribution in [0.1, 0.15) is 51.1 Å². The molecule has 0 unspecified atom stereocenters. The molecule has 3 rings (SSSR count). The summed E-state index contributed by atoms with van der Waals surface area (Å²) in [7, 11) is 0. The van der Waals surface area contributed by atoms with E-state index in [0.717, 1.165) is 22.5 Å². The summed E-state index contributed by atoms with van der Waals surface area (Å²) in [6.07, 6.45) is 0. The first-order valence-electron chi connectivity index (χ1n) is 6.48. The molecule has 1 N–H and O–H groups in total. The van der Waals surface area contributed by atoms with Crippen LogP contribution in [0.15, 0.2) is 22.6 Å². The van der Waals surface area contributed by atoms with Gasteiger partial charge in [0.2, 0.25) is 0 Å². The molecule has 18 heavy (non-hydrogen) atoms. The molecule has 0 fully saturated rings. The Balaban J connectivity index is 2.30. The molecule has 0 saturated carbocycles. The van der Waals surface area contributed by atoms with E-state index in [1.165, 1.54) is 11.1 Å². The summed E-state index contributed by atoms with van der Waals surface area (Å²) in [5, 5.41) is 1.19. The highest BCUT2D eigenvalue weighted by Crippen LogP contribution is 2.30. The number of rotatable bonds is 2. The highest BCUT2D eigenvalue weighted by atomic mass is 16.3. The average Bonchev–Trinajstić information content (AvgIpc) is 2.91. The van der Waals surface area contributed by atoms with Crippen molar-refractivity contribution in [1.29, 1.82) is 0 Å². The Labute approximate surface area is 106 Å². The molecule has 2 heterocycles. The van der Waals surface area contributed by atoms with Crippen molar-refractivity contribution in [3.63, 3.8) is 0 Å². The van der Waals surface area contributed by atoms with Crippen LogP contribution in [0.25, 0.3) is 22.0 Å². The number of nitrogens with one attached hydrogen (secondary N) is 1. The van der Waals surface area contributed by atoms with Crippen LogP contribution in [0.5, 0.6) is 0 Å². The van der Waals surface area contributed by atoms with Gasteiger partial charge >= 0.3 is 0 Å². The molecule has 3 nitrogen and oxygen atoms in total. The normalized spacial score (nSPS) is 12.3. The third-order valence-electron chi connectivity index (χ3n) is 3.30. The smallest absolute Gasteiger partial charge is 0.198 e. The first-order valence-corrected chi connectivity index (χ1v) is 6.48. The van der Waals surface area contributed by atoms with Crippen LogP contribution in [0.2, 0.25) is 0 Å². The molecular formula is C15H18N2O. The fourth-order valence-corrected chi connectivity index (χ4v) is 2.18. The topological polar surface area (TPSA) is 41.8 Å². The lowest BCUT2D eigenvalue weighted by molar-refractivity contribution is 0.503. The number of hydrogen-bond acceptors (Lipinski definition) is 2. The molecule has 0 amide bonds. The van der Waals surface area contributed by atoms with Crippen molar-refractivity contribution in [2.75, 3.05) is 0 Å². The van der Waals surface area contributed by atoms with Crippen molar-refractivity contribution in [1.82, 2.24) is 9.97 Å². The molecule has 0 aliphatic carbocycles. The molecule has 0 radical (unpaired) electrons. The van der Waals surface area contributed by atoms with Gasteiger partial charge in [0.1, 0.15) is 5.52 Å². The summed E-state index contributed by atoms with van der Waals surface area (Å²) < 4.78 is 5.89.